The van der Waals surface area contributed by atoms with Crippen LogP contribution in [0.5, 0.6) is 5.75 Å². The van der Waals surface area contributed by atoms with Gasteiger partial charge in [-0.15, -0.1) is 0 Å². The highest BCUT2D eigenvalue weighted by Gasteiger charge is 2.25. The number of amides is 1. The molecule has 2 heterocycles. The molecule has 6 nitrogen and oxygen atoms in total. The SMILES string of the molecule is COc1cc2nn([C@H]3CC[C@H](C(C)C)CC3)cc2cc1NC(=O)c1ccc(F)c(C)n1. The molecule has 2 aromatic heterocycles. The van der Waals surface area contributed by atoms with Gasteiger partial charge in [0.2, 0.25) is 0 Å². The molecular formula is C24H29FN4O2. The number of nitrogens with zero attached hydrogens (tertiary/aromatic N) is 3. The summed E-state index contributed by atoms with van der Waals surface area (Å²) in [5, 5.41) is 8.56. The molecule has 4 rings (SSSR count). The number of carbonyl (C=O) groups excluding carboxylic acids is 1. The maximum Gasteiger partial charge on any atom is 0.274 e. The number of halogens is 1. The molecule has 3 aromatic rings. The van der Waals surface area contributed by atoms with Crippen LogP contribution >= 0.6 is 0 Å². The molecule has 1 saturated carbocycles. The Kier molecular flexibility index (Phi) is 5.94. The van der Waals surface area contributed by atoms with E-state index in [9.17, 15) is 9.18 Å². The lowest BCUT2D eigenvalue weighted by Gasteiger charge is -2.30. The van der Waals surface area contributed by atoms with Crippen LogP contribution in [0, 0.1) is 24.6 Å². The van der Waals surface area contributed by atoms with E-state index < -0.39 is 11.7 Å². The Morgan fingerprint density at radius 2 is 1.97 bits per heavy atom. The zero-order valence-corrected chi connectivity index (χ0v) is 18.5. The van der Waals surface area contributed by atoms with Crippen LogP contribution in [0.2, 0.25) is 0 Å². The number of hydrogen-bond donors (Lipinski definition) is 1. The van der Waals surface area contributed by atoms with E-state index in [0.717, 1.165) is 35.6 Å². The summed E-state index contributed by atoms with van der Waals surface area (Å²) >= 11 is 0. The number of aromatic nitrogens is 3. The second-order valence-corrected chi connectivity index (χ2v) is 8.75. The molecule has 31 heavy (non-hydrogen) atoms. The minimum absolute atomic E-state index is 0.152. The van der Waals surface area contributed by atoms with Gasteiger partial charge in [0, 0.05) is 17.6 Å². The number of anilines is 1. The Bertz CT molecular complexity index is 1100. The van der Waals surface area contributed by atoms with Crippen molar-refractivity contribution in [1.29, 1.82) is 0 Å². The van der Waals surface area contributed by atoms with E-state index in [4.69, 9.17) is 9.84 Å². The number of carbonyl (C=O) groups is 1. The van der Waals surface area contributed by atoms with Gasteiger partial charge in [0.05, 0.1) is 30.0 Å². The van der Waals surface area contributed by atoms with Gasteiger partial charge in [0.1, 0.15) is 17.3 Å². The molecule has 1 fully saturated rings. The van der Waals surface area contributed by atoms with Crippen molar-refractivity contribution in [1.82, 2.24) is 14.8 Å². The quantitative estimate of drug-likeness (QED) is 0.585. The fourth-order valence-corrected chi connectivity index (χ4v) is 4.41. The third-order valence-electron chi connectivity index (χ3n) is 6.40. The highest BCUT2D eigenvalue weighted by molar-refractivity contribution is 6.05. The van der Waals surface area contributed by atoms with Crippen LogP contribution in [0.15, 0.2) is 30.5 Å². The van der Waals surface area contributed by atoms with Gasteiger partial charge in [0.25, 0.3) is 5.91 Å². The zero-order chi connectivity index (χ0) is 22.1. The molecule has 0 unspecified atom stereocenters. The van der Waals surface area contributed by atoms with Crippen LogP contribution in [0.4, 0.5) is 10.1 Å². The normalized spacial score (nSPS) is 19.0. The monoisotopic (exact) mass is 424 g/mol. The van der Waals surface area contributed by atoms with Gasteiger partial charge in [-0.25, -0.2) is 9.37 Å². The minimum atomic E-state index is -0.439. The fourth-order valence-electron chi connectivity index (χ4n) is 4.41. The molecule has 0 bridgehead atoms. The number of benzene rings is 1. The summed E-state index contributed by atoms with van der Waals surface area (Å²) in [6, 6.07) is 6.72. The largest absolute Gasteiger partial charge is 0.494 e. The smallest absolute Gasteiger partial charge is 0.274 e. The number of rotatable bonds is 5. The van der Waals surface area contributed by atoms with Crippen LogP contribution in [0.25, 0.3) is 10.9 Å². The van der Waals surface area contributed by atoms with Crippen molar-refractivity contribution in [2.45, 2.75) is 52.5 Å². The summed E-state index contributed by atoms with van der Waals surface area (Å²) in [5.41, 5.74) is 1.70. The number of ether oxygens (including phenoxy) is 1. The number of nitrogens with one attached hydrogen (secondary N) is 1. The summed E-state index contributed by atoms with van der Waals surface area (Å²) in [4.78, 5) is 16.7. The highest BCUT2D eigenvalue weighted by atomic mass is 19.1. The molecule has 1 aromatic carbocycles. The average molecular weight is 425 g/mol. The standard InChI is InChI=1S/C24H29FN4O2/c1-14(2)16-5-7-18(8-6-16)29-13-17-11-22(23(31-4)12-21(17)28-29)27-24(30)20-10-9-19(25)15(3)26-20/h9-14,16,18H,5-8H2,1-4H3,(H,27,30)/t16-,18-. The van der Waals surface area contributed by atoms with E-state index in [-0.39, 0.29) is 11.4 Å². The lowest BCUT2D eigenvalue weighted by atomic mass is 9.80. The Hall–Kier alpha value is -2.96. The fraction of sp³-hybridized carbons (Fsp3) is 0.458. The Balaban J connectivity index is 1.57. The van der Waals surface area contributed by atoms with Crippen LogP contribution in [-0.2, 0) is 0 Å². The molecule has 0 radical (unpaired) electrons. The van der Waals surface area contributed by atoms with Crippen LogP contribution < -0.4 is 10.1 Å². The van der Waals surface area contributed by atoms with E-state index >= 15 is 0 Å². The summed E-state index contributed by atoms with van der Waals surface area (Å²) in [6.45, 7) is 6.14. The van der Waals surface area contributed by atoms with Gasteiger partial charge in [-0.1, -0.05) is 13.8 Å². The summed E-state index contributed by atoms with van der Waals surface area (Å²) in [7, 11) is 1.56. The van der Waals surface area contributed by atoms with Crippen LogP contribution in [0.3, 0.4) is 0 Å². The Morgan fingerprint density at radius 1 is 1.23 bits per heavy atom. The van der Waals surface area contributed by atoms with E-state index in [1.807, 2.05) is 18.3 Å². The van der Waals surface area contributed by atoms with E-state index in [2.05, 4.69) is 28.8 Å². The van der Waals surface area contributed by atoms with Crippen molar-refractivity contribution < 1.29 is 13.9 Å². The van der Waals surface area contributed by atoms with Crippen molar-refractivity contribution in [3.05, 3.63) is 47.7 Å². The van der Waals surface area contributed by atoms with Gasteiger partial charge in [-0.3, -0.25) is 9.48 Å². The van der Waals surface area contributed by atoms with Crippen molar-refractivity contribution in [3.63, 3.8) is 0 Å². The van der Waals surface area contributed by atoms with Crippen molar-refractivity contribution in [2.24, 2.45) is 11.8 Å². The number of fused-ring (bicyclic) bond motifs is 1. The third-order valence-corrected chi connectivity index (χ3v) is 6.40. The lowest BCUT2D eigenvalue weighted by Crippen LogP contribution is -2.21. The summed E-state index contributed by atoms with van der Waals surface area (Å²) in [6.07, 6.45) is 6.77. The molecule has 1 aliphatic rings. The number of aryl methyl sites for hydroxylation is 1. The van der Waals surface area contributed by atoms with Gasteiger partial charge in [-0.05, 0) is 62.6 Å². The van der Waals surface area contributed by atoms with Gasteiger partial charge in [0.15, 0.2) is 0 Å². The number of methoxy groups -OCH3 is 1. The van der Waals surface area contributed by atoms with Gasteiger partial charge < -0.3 is 10.1 Å². The number of hydrogen-bond acceptors (Lipinski definition) is 4. The topological polar surface area (TPSA) is 69.0 Å². The number of pyridine rings is 1. The molecule has 1 N–H and O–H groups in total. The molecule has 164 valence electrons. The van der Waals surface area contributed by atoms with Crippen molar-refractivity contribution in [3.8, 4) is 5.75 Å². The molecule has 0 atom stereocenters. The second-order valence-electron chi connectivity index (χ2n) is 8.75. The molecule has 0 spiro atoms. The molecular weight excluding hydrogens is 395 g/mol. The van der Waals surface area contributed by atoms with Crippen molar-refractivity contribution in [2.75, 3.05) is 12.4 Å². The van der Waals surface area contributed by atoms with E-state index in [0.29, 0.717) is 17.5 Å². The van der Waals surface area contributed by atoms with Crippen molar-refractivity contribution >= 4 is 22.5 Å². The highest BCUT2D eigenvalue weighted by Crippen LogP contribution is 2.37. The van der Waals surface area contributed by atoms with Crippen LogP contribution in [-0.4, -0.2) is 27.8 Å². The van der Waals surface area contributed by atoms with Gasteiger partial charge >= 0.3 is 0 Å². The molecule has 1 amide bonds. The average Bonchev–Trinajstić information content (AvgIpc) is 3.18. The molecule has 7 heteroatoms. The van der Waals surface area contributed by atoms with E-state index in [1.165, 1.54) is 31.9 Å². The Labute approximate surface area is 181 Å². The molecule has 1 aliphatic carbocycles. The second kappa shape index (κ2) is 8.65. The third kappa shape index (κ3) is 4.40. The predicted octanol–water partition coefficient (Wildman–Crippen LogP) is 5.53. The first-order valence-corrected chi connectivity index (χ1v) is 10.9. The van der Waals surface area contributed by atoms with Crippen LogP contribution in [0.1, 0.15) is 61.8 Å². The molecule has 0 saturated heterocycles. The lowest BCUT2D eigenvalue weighted by molar-refractivity contribution is 0.102. The first kappa shape index (κ1) is 21.3. The maximum atomic E-state index is 13.5. The molecule has 0 aliphatic heterocycles. The summed E-state index contributed by atoms with van der Waals surface area (Å²) in [5.74, 6) is 1.19. The predicted molar refractivity (Wildman–Crippen MR) is 119 cm³/mol. The first-order chi connectivity index (χ1) is 14.9. The van der Waals surface area contributed by atoms with E-state index in [1.54, 1.807) is 7.11 Å². The minimum Gasteiger partial charge on any atom is -0.494 e. The van der Waals surface area contributed by atoms with Gasteiger partial charge in [-0.2, -0.15) is 5.10 Å². The zero-order valence-electron chi connectivity index (χ0n) is 18.5. The Morgan fingerprint density at radius 3 is 2.61 bits per heavy atom. The maximum absolute atomic E-state index is 13.5. The first-order valence-electron chi connectivity index (χ1n) is 10.9. The summed E-state index contributed by atoms with van der Waals surface area (Å²) < 4.78 is 21.0.